The van der Waals surface area contributed by atoms with Crippen LogP contribution in [0.4, 0.5) is 10.5 Å². The van der Waals surface area contributed by atoms with Crippen LogP contribution in [0.5, 0.6) is 5.75 Å². The maximum atomic E-state index is 12.2. The lowest BCUT2D eigenvalue weighted by atomic mass is 9.98. The molecule has 3 aromatic carbocycles. The molecule has 1 aliphatic carbocycles. The van der Waals surface area contributed by atoms with Gasteiger partial charge in [-0.15, -0.1) is 0 Å². The van der Waals surface area contributed by atoms with Gasteiger partial charge in [-0.05, 0) is 28.7 Å². The Morgan fingerprint density at radius 1 is 1.03 bits per heavy atom. The van der Waals surface area contributed by atoms with Crippen LogP contribution in [0.3, 0.4) is 0 Å². The summed E-state index contributed by atoms with van der Waals surface area (Å²) in [6.07, 6.45) is 3.29. The first-order valence-corrected chi connectivity index (χ1v) is 10.3. The highest BCUT2D eigenvalue weighted by Gasteiger charge is 2.28. The molecule has 0 bridgehead atoms. The van der Waals surface area contributed by atoms with Crippen molar-refractivity contribution in [2.75, 3.05) is 13.2 Å². The lowest BCUT2D eigenvalue weighted by Crippen LogP contribution is -2.26. The smallest absolute Gasteiger partial charge is 0.407 e. The first kappa shape index (κ1) is 21.1. The number of phenols is 1. The van der Waals surface area contributed by atoms with Crippen molar-refractivity contribution in [3.63, 3.8) is 0 Å². The van der Waals surface area contributed by atoms with E-state index in [-0.39, 0.29) is 24.0 Å². The molecule has 32 heavy (non-hydrogen) atoms. The van der Waals surface area contributed by atoms with Gasteiger partial charge in [0.05, 0.1) is 4.92 Å². The molecular formula is C25H22N2O5. The molecule has 0 unspecified atom stereocenters. The maximum absolute atomic E-state index is 12.2. The Kier molecular flexibility index (Phi) is 6.17. The van der Waals surface area contributed by atoms with Crippen LogP contribution >= 0.6 is 0 Å². The average molecular weight is 430 g/mol. The summed E-state index contributed by atoms with van der Waals surface area (Å²) in [4.78, 5) is 22.4. The second-order valence-corrected chi connectivity index (χ2v) is 7.42. The Bertz CT molecular complexity index is 1140. The van der Waals surface area contributed by atoms with E-state index >= 15 is 0 Å². The van der Waals surface area contributed by atoms with E-state index in [1.54, 1.807) is 18.2 Å². The van der Waals surface area contributed by atoms with Crippen LogP contribution in [0, 0.1) is 10.1 Å². The number of carbonyl (C=O) groups is 1. The maximum Gasteiger partial charge on any atom is 0.407 e. The fraction of sp³-hybridized carbons (Fsp3) is 0.160. The summed E-state index contributed by atoms with van der Waals surface area (Å²) in [5.74, 6) is -0.372. The van der Waals surface area contributed by atoms with Gasteiger partial charge in [0, 0.05) is 24.1 Å². The Balaban J connectivity index is 1.28. The van der Waals surface area contributed by atoms with E-state index in [0.717, 1.165) is 11.1 Å². The number of fused-ring (bicyclic) bond motifs is 3. The van der Waals surface area contributed by atoms with Crippen molar-refractivity contribution in [1.29, 1.82) is 0 Å². The Morgan fingerprint density at radius 3 is 2.34 bits per heavy atom. The van der Waals surface area contributed by atoms with E-state index in [9.17, 15) is 20.0 Å². The molecule has 0 aromatic heterocycles. The molecule has 1 aliphatic rings. The lowest BCUT2D eigenvalue weighted by molar-refractivity contribution is -0.385. The zero-order valence-corrected chi connectivity index (χ0v) is 17.2. The summed E-state index contributed by atoms with van der Waals surface area (Å²) < 4.78 is 5.48. The van der Waals surface area contributed by atoms with Crippen LogP contribution < -0.4 is 5.32 Å². The van der Waals surface area contributed by atoms with Gasteiger partial charge in [-0.1, -0.05) is 72.8 Å². The number of hydrogen-bond donors (Lipinski definition) is 2. The topological polar surface area (TPSA) is 102 Å². The van der Waals surface area contributed by atoms with Gasteiger partial charge in [-0.25, -0.2) is 4.79 Å². The minimum atomic E-state index is -0.634. The van der Waals surface area contributed by atoms with E-state index in [2.05, 4.69) is 29.6 Å². The van der Waals surface area contributed by atoms with Gasteiger partial charge in [-0.2, -0.15) is 0 Å². The van der Waals surface area contributed by atoms with Gasteiger partial charge in [-0.3, -0.25) is 10.1 Å². The predicted molar refractivity (Wildman–Crippen MR) is 121 cm³/mol. The van der Waals surface area contributed by atoms with Crippen molar-refractivity contribution in [2.24, 2.45) is 0 Å². The van der Waals surface area contributed by atoms with Crippen molar-refractivity contribution in [3.8, 4) is 16.9 Å². The van der Waals surface area contributed by atoms with Crippen LogP contribution in [0.2, 0.25) is 0 Å². The molecule has 0 radical (unpaired) electrons. The standard InChI is InChI=1S/C25H22N2O5/c28-24-17(9-7-14-23(24)27(30)31)8-5-6-15-26-25(29)32-16-22-20-12-3-1-10-18(20)19-11-2-4-13-21(19)22/h1-5,7-14,22,28H,6,15-16H2,(H,26,29). The summed E-state index contributed by atoms with van der Waals surface area (Å²) in [5.41, 5.74) is 4.66. The molecule has 1 amide bonds. The molecule has 7 nitrogen and oxygen atoms in total. The molecule has 162 valence electrons. The third-order valence-electron chi connectivity index (χ3n) is 5.46. The van der Waals surface area contributed by atoms with Crippen molar-refractivity contribution in [3.05, 3.63) is 99.6 Å². The number of nitrogens with one attached hydrogen (secondary N) is 1. The number of amides is 1. The SMILES string of the molecule is O=C(NCCC=Cc1cccc([N+](=O)[O-])c1O)OCC1c2ccccc2-c2ccccc21. The van der Waals surface area contributed by atoms with Crippen LogP contribution in [-0.2, 0) is 4.74 Å². The largest absolute Gasteiger partial charge is 0.502 e. The zero-order valence-electron chi connectivity index (χ0n) is 17.2. The average Bonchev–Trinajstić information content (AvgIpc) is 3.12. The monoisotopic (exact) mass is 430 g/mol. The molecule has 0 heterocycles. The summed E-state index contributed by atoms with van der Waals surface area (Å²) in [5, 5.41) is 23.5. The van der Waals surface area contributed by atoms with Gasteiger partial charge in [0.2, 0.25) is 5.75 Å². The minimum absolute atomic E-state index is 0.00453. The molecule has 0 fully saturated rings. The van der Waals surface area contributed by atoms with Gasteiger partial charge in [0.15, 0.2) is 0 Å². The van der Waals surface area contributed by atoms with Crippen LogP contribution in [0.1, 0.15) is 29.0 Å². The molecule has 0 saturated heterocycles. The zero-order chi connectivity index (χ0) is 22.5. The van der Waals surface area contributed by atoms with E-state index < -0.39 is 11.0 Å². The number of nitro groups is 1. The third-order valence-corrected chi connectivity index (χ3v) is 5.46. The van der Waals surface area contributed by atoms with E-state index in [0.29, 0.717) is 18.5 Å². The van der Waals surface area contributed by atoms with Crippen molar-refractivity contribution < 1.29 is 19.6 Å². The number of ether oxygens (including phenoxy) is 1. The number of nitrogens with zero attached hydrogens (tertiary/aromatic N) is 1. The Hall–Kier alpha value is -4.13. The van der Waals surface area contributed by atoms with Gasteiger partial charge < -0.3 is 15.2 Å². The van der Waals surface area contributed by atoms with Crippen LogP contribution in [0.25, 0.3) is 17.2 Å². The van der Waals surface area contributed by atoms with Crippen molar-refractivity contribution >= 4 is 17.9 Å². The molecule has 0 aliphatic heterocycles. The second kappa shape index (κ2) is 9.34. The van der Waals surface area contributed by atoms with Gasteiger partial charge in [0.1, 0.15) is 6.61 Å². The number of benzene rings is 3. The summed E-state index contributed by atoms with van der Waals surface area (Å²) in [6.45, 7) is 0.583. The number of alkyl carbamates (subject to hydrolysis) is 1. The molecule has 3 aromatic rings. The highest BCUT2D eigenvalue weighted by Crippen LogP contribution is 2.44. The number of aromatic hydroxyl groups is 1. The fourth-order valence-electron chi connectivity index (χ4n) is 3.95. The fourth-order valence-corrected chi connectivity index (χ4v) is 3.95. The Morgan fingerprint density at radius 2 is 1.69 bits per heavy atom. The third kappa shape index (κ3) is 4.32. The molecule has 7 heteroatoms. The van der Waals surface area contributed by atoms with Crippen molar-refractivity contribution in [2.45, 2.75) is 12.3 Å². The van der Waals surface area contributed by atoms with Crippen LogP contribution in [0.15, 0.2) is 72.8 Å². The number of nitro benzene ring substituents is 1. The molecule has 0 atom stereocenters. The number of para-hydroxylation sites is 1. The first-order valence-electron chi connectivity index (χ1n) is 10.3. The minimum Gasteiger partial charge on any atom is -0.502 e. The van der Waals surface area contributed by atoms with E-state index in [1.807, 2.05) is 24.3 Å². The highest BCUT2D eigenvalue weighted by molar-refractivity contribution is 5.79. The molecular weight excluding hydrogens is 408 g/mol. The lowest BCUT2D eigenvalue weighted by Gasteiger charge is -2.14. The van der Waals surface area contributed by atoms with Gasteiger partial charge in [0.25, 0.3) is 0 Å². The van der Waals surface area contributed by atoms with E-state index in [1.165, 1.54) is 23.3 Å². The summed E-state index contributed by atoms with van der Waals surface area (Å²) in [7, 11) is 0. The van der Waals surface area contributed by atoms with Crippen LogP contribution in [-0.4, -0.2) is 29.3 Å². The molecule has 0 saturated carbocycles. The summed E-state index contributed by atoms with van der Waals surface area (Å²) >= 11 is 0. The quantitative estimate of drug-likeness (QED) is 0.303. The molecule has 4 rings (SSSR count). The number of carbonyl (C=O) groups excluding carboxylic acids is 1. The normalized spacial score (nSPS) is 12.4. The van der Waals surface area contributed by atoms with Gasteiger partial charge >= 0.3 is 11.8 Å². The predicted octanol–water partition coefficient (Wildman–Crippen LogP) is 5.24. The van der Waals surface area contributed by atoms with E-state index in [4.69, 9.17) is 4.74 Å². The number of hydrogen-bond acceptors (Lipinski definition) is 5. The molecule has 0 spiro atoms. The highest BCUT2D eigenvalue weighted by atomic mass is 16.6. The summed E-state index contributed by atoms with van der Waals surface area (Å²) in [6, 6.07) is 20.6. The second-order valence-electron chi connectivity index (χ2n) is 7.42. The number of rotatable bonds is 7. The van der Waals surface area contributed by atoms with Crippen molar-refractivity contribution in [1.82, 2.24) is 5.32 Å². The molecule has 2 N–H and O–H groups in total. The number of phenolic OH excluding ortho intramolecular Hbond substituents is 1. The first-order chi connectivity index (χ1) is 15.6. The Labute approximate surface area is 185 Å².